The first-order chi connectivity index (χ1) is 23.3. The average Bonchev–Trinajstić information content (AvgIpc) is 3.59. The van der Waals surface area contributed by atoms with Crippen molar-refractivity contribution < 1.29 is 30.0 Å². The van der Waals surface area contributed by atoms with Gasteiger partial charge in [-0.15, -0.1) is 0 Å². The topological polar surface area (TPSA) is 139 Å². The summed E-state index contributed by atoms with van der Waals surface area (Å²) in [6, 6.07) is 33.0. The standard InChI is InChI=1S/C40H44N2O6/c43-33-23-27-15-7-9-17-29(27)35(33)41-39(47)31(21-19-25-11-3-1-4-12-25)37(45)38(46)32(22-20-26-13-5-2-6-14-26)40(48)42-36-30-18-10-8-16-28(30)24-34(36)44/h1-18,31-38,43-46H,19-24H2,(H,41,47)(H,42,48)/t31-,32-,33-,34-,35+,36?,37-,38-/m1/s1. The van der Waals surface area contributed by atoms with E-state index in [-0.39, 0.29) is 12.8 Å². The molecule has 0 heterocycles. The van der Waals surface area contributed by atoms with Crippen molar-refractivity contribution in [2.24, 2.45) is 11.8 Å². The first-order valence-electron chi connectivity index (χ1n) is 16.9. The van der Waals surface area contributed by atoms with Crippen LogP contribution < -0.4 is 10.6 Å². The van der Waals surface area contributed by atoms with Crippen LogP contribution in [0.1, 0.15) is 58.3 Å². The number of aliphatic hydroxyl groups excluding tert-OH is 4. The summed E-state index contributed by atoms with van der Waals surface area (Å²) in [5.74, 6) is -3.16. The molecule has 2 aliphatic rings. The second kappa shape index (κ2) is 15.3. The van der Waals surface area contributed by atoms with E-state index in [1.54, 1.807) is 0 Å². The molecule has 0 bridgehead atoms. The molecule has 6 rings (SSSR count). The maximum atomic E-state index is 14.0. The first-order valence-corrected chi connectivity index (χ1v) is 16.9. The second-order valence-electron chi connectivity index (χ2n) is 13.2. The number of hydrogen-bond acceptors (Lipinski definition) is 6. The molecule has 0 fully saturated rings. The summed E-state index contributed by atoms with van der Waals surface area (Å²) in [7, 11) is 0. The van der Waals surface area contributed by atoms with Crippen LogP contribution in [-0.4, -0.2) is 56.7 Å². The predicted molar refractivity (Wildman–Crippen MR) is 183 cm³/mol. The zero-order valence-electron chi connectivity index (χ0n) is 26.9. The monoisotopic (exact) mass is 648 g/mol. The van der Waals surface area contributed by atoms with E-state index < -0.39 is 60.1 Å². The Hall–Kier alpha value is -4.34. The summed E-state index contributed by atoms with van der Waals surface area (Å²) < 4.78 is 0. The van der Waals surface area contributed by atoms with Crippen molar-refractivity contribution in [1.29, 1.82) is 0 Å². The molecule has 8 heteroatoms. The van der Waals surface area contributed by atoms with Gasteiger partial charge in [-0.05, 0) is 59.1 Å². The number of fused-ring (bicyclic) bond motifs is 2. The minimum Gasteiger partial charge on any atom is -0.390 e. The summed E-state index contributed by atoms with van der Waals surface area (Å²) in [6.45, 7) is 0. The number of nitrogens with one attached hydrogen (secondary N) is 2. The van der Waals surface area contributed by atoms with Gasteiger partial charge in [0.05, 0.1) is 48.3 Å². The van der Waals surface area contributed by atoms with E-state index >= 15 is 0 Å². The molecule has 250 valence electrons. The van der Waals surface area contributed by atoms with Gasteiger partial charge in [0.25, 0.3) is 0 Å². The minimum atomic E-state index is -1.59. The van der Waals surface area contributed by atoms with Crippen LogP contribution in [0.3, 0.4) is 0 Å². The Morgan fingerprint density at radius 1 is 0.562 bits per heavy atom. The van der Waals surface area contributed by atoms with Gasteiger partial charge in [-0.2, -0.15) is 0 Å². The number of carbonyl (C=O) groups is 2. The summed E-state index contributed by atoms with van der Waals surface area (Å²) in [6.07, 6.45) is -2.69. The summed E-state index contributed by atoms with van der Waals surface area (Å²) >= 11 is 0. The molecule has 8 nitrogen and oxygen atoms in total. The number of carbonyl (C=O) groups excluding carboxylic acids is 2. The average molecular weight is 649 g/mol. The van der Waals surface area contributed by atoms with E-state index in [1.165, 1.54) is 0 Å². The molecule has 0 saturated carbocycles. The van der Waals surface area contributed by atoms with Gasteiger partial charge >= 0.3 is 0 Å². The highest BCUT2D eigenvalue weighted by Crippen LogP contribution is 2.34. The fourth-order valence-corrected chi connectivity index (χ4v) is 7.34. The van der Waals surface area contributed by atoms with Crippen LogP contribution in [0.4, 0.5) is 0 Å². The summed E-state index contributed by atoms with van der Waals surface area (Å²) in [5, 5.41) is 51.3. The molecule has 8 atom stereocenters. The van der Waals surface area contributed by atoms with Gasteiger partial charge in [0.15, 0.2) is 0 Å². The van der Waals surface area contributed by atoms with Crippen LogP contribution in [0.2, 0.25) is 0 Å². The van der Waals surface area contributed by atoms with Gasteiger partial charge in [0.1, 0.15) is 0 Å². The molecule has 1 unspecified atom stereocenters. The highest BCUT2D eigenvalue weighted by molar-refractivity contribution is 5.82. The molecule has 2 aliphatic carbocycles. The highest BCUT2D eigenvalue weighted by Gasteiger charge is 2.42. The lowest BCUT2D eigenvalue weighted by Gasteiger charge is -2.33. The zero-order valence-corrected chi connectivity index (χ0v) is 26.9. The summed E-state index contributed by atoms with van der Waals surface area (Å²) in [5.41, 5.74) is 5.48. The molecule has 4 aromatic carbocycles. The highest BCUT2D eigenvalue weighted by atomic mass is 16.3. The number of rotatable bonds is 13. The molecule has 0 spiro atoms. The lowest BCUT2D eigenvalue weighted by atomic mass is 9.82. The van der Waals surface area contributed by atoms with E-state index in [0.717, 1.165) is 33.4 Å². The Morgan fingerprint density at radius 2 is 0.917 bits per heavy atom. The molecule has 48 heavy (non-hydrogen) atoms. The van der Waals surface area contributed by atoms with Gasteiger partial charge < -0.3 is 31.1 Å². The molecule has 6 N–H and O–H groups in total. The number of aliphatic hydroxyl groups is 4. The van der Waals surface area contributed by atoms with Crippen molar-refractivity contribution in [3.05, 3.63) is 143 Å². The van der Waals surface area contributed by atoms with Crippen molar-refractivity contribution >= 4 is 11.8 Å². The van der Waals surface area contributed by atoms with Crippen LogP contribution in [0, 0.1) is 11.8 Å². The SMILES string of the molecule is O=C(NC1c2ccccc2C[C@H]1O)[C@H](CCc1ccccc1)[C@@H](O)[C@H](O)[C@@H](CCc1ccccc1)C(=O)N[C@H]1c2ccccc2C[C@H]1O. The maximum Gasteiger partial charge on any atom is 0.226 e. The second-order valence-corrected chi connectivity index (χ2v) is 13.2. The van der Waals surface area contributed by atoms with Gasteiger partial charge in [0.2, 0.25) is 11.8 Å². The van der Waals surface area contributed by atoms with E-state index in [4.69, 9.17) is 0 Å². The number of benzene rings is 4. The minimum absolute atomic E-state index is 0.209. The fourth-order valence-electron chi connectivity index (χ4n) is 7.34. The van der Waals surface area contributed by atoms with Crippen LogP contribution in [0.25, 0.3) is 0 Å². The summed E-state index contributed by atoms with van der Waals surface area (Å²) in [4.78, 5) is 28.1. The van der Waals surface area contributed by atoms with Gasteiger partial charge in [0, 0.05) is 12.8 Å². The van der Waals surface area contributed by atoms with Crippen LogP contribution >= 0.6 is 0 Å². The Bertz CT molecular complexity index is 1560. The van der Waals surface area contributed by atoms with Crippen molar-refractivity contribution in [3.63, 3.8) is 0 Å². The van der Waals surface area contributed by atoms with Crippen molar-refractivity contribution in [1.82, 2.24) is 10.6 Å². The third kappa shape index (κ3) is 7.53. The van der Waals surface area contributed by atoms with Crippen molar-refractivity contribution in [3.8, 4) is 0 Å². The van der Waals surface area contributed by atoms with Crippen LogP contribution in [0.15, 0.2) is 109 Å². The van der Waals surface area contributed by atoms with Gasteiger partial charge in [-0.1, -0.05) is 109 Å². The largest absolute Gasteiger partial charge is 0.390 e. The Balaban J connectivity index is 1.25. The molecular formula is C40H44N2O6. The van der Waals surface area contributed by atoms with E-state index in [2.05, 4.69) is 10.6 Å². The third-order valence-corrected chi connectivity index (χ3v) is 10.0. The number of aryl methyl sites for hydroxylation is 2. The molecule has 4 aromatic rings. The van der Waals surface area contributed by atoms with E-state index in [9.17, 15) is 30.0 Å². The van der Waals surface area contributed by atoms with Crippen molar-refractivity contribution in [2.75, 3.05) is 0 Å². The molecule has 0 saturated heterocycles. The van der Waals surface area contributed by atoms with Gasteiger partial charge in [-0.3, -0.25) is 9.59 Å². The lowest BCUT2D eigenvalue weighted by Crippen LogP contribution is -2.51. The quantitative estimate of drug-likeness (QED) is 0.131. The molecule has 0 aliphatic heterocycles. The fraction of sp³-hybridized carbons (Fsp3) is 0.350. The molecule has 0 aromatic heterocycles. The molecular weight excluding hydrogens is 604 g/mol. The third-order valence-electron chi connectivity index (χ3n) is 10.0. The normalized spacial score (nSPS) is 22.2. The number of hydrogen-bond donors (Lipinski definition) is 6. The van der Waals surface area contributed by atoms with Crippen LogP contribution in [0.5, 0.6) is 0 Å². The van der Waals surface area contributed by atoms with Crippen molar-refractivity contribution in [2.45, 2.75) is 75.0 Å². The first kappa shape index (κ1) is 33.6. The van der Waals surface area contributed by atoms with Gasteiger partial charge in [-0.25, -0.2) is 0 Å². The molecule has 2 amide bonds. The Morgan fingerprint density at radius 3 is 1.31 bits per heavy atom. The Kier molecular flexibility index (Phi) is 10.7. The van der Waals surface area contributed by atoms with E-state index in [0.29, 0.717) is 25.7 Å². The predicted octanol–water partition coefficient (Wildman–Crippen LogP) is 3.76. The maximum absolute atomic E-state index is 14.0. The number of amides is 2. The Labute approximate surface area is 281 Å². The van der Waals surface area contributed by atoms with E-state index in [1.807, 2.05) is 109 Å². The lowest BCUT2D eigenvalue weighted by molar-refractivity contribution is -0.143. The molecule has 0 radical (unpaired) electrons. The zero-order chi connectivity index (χ0) is 33.6. The smallest absolute Gasteiger partial charge is 0.226 e. The van der Waals surface area contributed by atoms with Crippen LogP contribution in [-0.2, 0) is 35.3 Å².